The highest BCUT2D eigenvalue weighted by atomic mass is 16.7. The highest BCUT2D eigenvalue weighted by molar-refractivity contribution is 5.97. The number of ether oxygens (including phenoxy) is 5. The molecule has 3 rings (SSSR count). The van der Waals surface area contributed by atoms with E-state index in [1.807, 2.05) is 0 Å². The van der Waals surface area contributed by atoms with Crippen LogP contribution in [0.3, 0.4) is 0 Å². The van der Waals surface area contributed by atoms with Crippen molar-refractivity contribution in [1.82, 2.24) is 5.32 Å². The van der Waals surface area contributed by atoms with Crippen LogP contribution in [-0.2, 0) is 28.5 Å². The third-order valence-corrected chi connectivity index (χ3v) is 7.72. The number of aliphatic hydroxyl groups excluding tert-OH is 6. The van der Waals surface area contributed by atoms with Crippen molar-refractivity contribution < 1.29 is 69.0 Å². The Bertz CT molecular complexity index is 1030. The topological polar surface area (TPSA) is 234 Å². The third kappa shape index (κ3) is 9.53. The van der Waals surface area contributed by atoms with Crippen LogP contribution in [-0.4, -0.2) is 136 Å². The number of hydrogen-bond donors (Lipinski definition) is 8. The minimum absolute atomic E-state index is 0.0821. The van der Waals surface area contributed by atoms with Gasteiger partial charge in [-0.15, -0.1) is 0 Å². The van der Waals surface area contributed by atoms with Gasteiger partial charge in [0.05, 0.1) is 25.9 Å². The predicted molar refractivity (Wildman–Crippen MR) is 150 cm³/mol. The fraction of sp³-hybridized carbons (Fsp3) is 0.724. The number of unbranched alkanes of at least 4 members (excludes halogenated alkanes) is 5. The molecule has 44 heavy (non-hydrogen) atoms. The van der Waals surface area contributed by atoms with E-state index in [1.165, 1.54) is 25.3 Å². The number of benzene rings is 1. The molecule has 2 heterocycles. The number of carbonyl (C=O) groups is 2. The molecule has 15 heteroatoms. The van der Waals surface area contributed by atoms with Crippen molar-refractivity contribution in [3.63, 3.8) is 0 Å². The normalized spacial score (nSPS) is 32.2. The lowest BCUT2D eigenvalue weighted by atomic mass is 9.95. The molecule has 0 aromatic heterocycles. The Morgan fingerprint density at radius 3 is 2.11 bits per heavy atom. The monoisotopic (exact) mass is 631 g/mol. The molecule has 0 bridgehead atoms. The predicted octanol–water partition coefficient (Wildman–Crippen LogP) is -1.33. The molecular formula is C29H45NO14. The van der Waals surface area contributed by atoms with Crippen molar-refractivity contribution in [2.75, 3.05) is 26.9 Å². The standard InChI is InChI=1S/C29H45NO14/c1-40-20(34)12-6-4-2-3-5-9-13-41-28-21(30-27(39)16-10-7-8-11-17(16)33)23(36)26(19(15-32)43-28)44-29-25(38)24(37)22(35)18(14-31)42-29/h7-8,10-11,18-19,21-26,28-29,31-33,35-38H,2-6,9,12-15H2,1H3,(H,30,39)/t18?,19?,21?,22-,23?,24?,25?,26+,28+,29?/m0/s1. The number of phenols is 1. The van der Waals surface area contributed by atoms with Crippen molar-refractivity contribution in [3.05, 3.63) is 29.8 Å². The van der Waals surface area contributed by atoms with Crippen molar-refractivity contribution in [1.29, 1.82) is 0 Å². The highest BCUT2D eigenvalue weighted by Gasteiger charge is 2.51. The van der Waals surface area contributed by atoms with Crippen LogP contribution in [0.5, 0.6) is 5.75 Å². The summed E-state index contributed by atoms with van der Waals surface area (Å²) in [6.07, 6.45) is -8.46. The molecule has 8 N–H and O–H groups in total. The minimum atomic E-state index is -1.79. The van der Waals surface area contributed by atoms with Gasteiger partial charge in [0.2, 0.25) is 0 Å². The Kier molecular flexibility index (Phi) is 14.7. The molecule has 250 valence electrons. The lowest BCUT2D eigenvalue weighted by Crippen LogP contribution is -2.67. The van der Waals surface area contributed by atoms with Crippen molar-refractivity contribution in [2.24, 2.45) is 0 Å². The zero-order valence-electron chi connectivity index (χ0n) is 24.6. The van der Waals surface area contributed by atoms with E-state index in [4.69, 9.17) is 18.9 Å². The van der Waals surface area contributed by atoms with Gasteiger partial charge in [0.25, 0.3) is 5.91 Å². The van der Waals surface area contributed by atoms with Gasteiger partial charge in [0.1, 0.15) is 54.5 Å². The number of methoxy groups -OCH3 is 1. The van der Waals surface area contributed by atoms with E-state index in [-0.39, 0.29) is 23.9 Å². The maximum absolute atomic E-state index is 13.1. The first-order chi connectivity index (χ1) is 21.1. The zero-order chi connectivity index (χ0) is 32.2. The molecular weight excluding hydrogens is 586 g/mol. The Morgan fingerprint density at radius 1 is 0.818 bits per heavy atom. The third-order valence-electron chi connectivity index (χ3n) is 7.72. The van der Waals surface area contributed by atoms with E-state index in [0.29, 0.717) is 12.8 Å². The first-order valence-corrected chi connectivity index (χ1v) is 14.8. The van der Waals surface area contributed by atoms with Gasteiger partial charge in [-0.25, -0.2) is 0 Å². The maximum atomic E-state index is 13.1. The smallest absolute Gasteiger partial charge is 0.305 e. The van der Waals surface area contributed by atoms with Crippen LogP contribution >= 0.6 is 0 Å². The molecule has 15 nitrogen and oxygen atoms in total. The van der Waals surface area contributed by atoms with Crippen LogP contribution in [0.1, 0.15) is 55.3 Å². The van der Waals surface area contributed by atoms with Crippen LogP contribution in [0.25, 0.3) is 0 Å². The van der Waals surface area contributed by atoms with Crippen LogP contribution in [0.2, 0.25) is 0 Å². The lowest BCUT2D eigenvalue weighted by Gasteiger charge is -2.47. The summed E-state index contributed by atoms with van der Waals surface area (Å²) < 4.78 is 27.5. The van der Waals surface area contributed by atoms with Gasteiger partial charge in [-0.3, -0.25) is 9.59 Å². The molecule has 2 aliphatic rings. The molecule has 2 fully saturated rings. The van der Waals surface area contributed by atoms with E-state index in [9.17, 15) is 45.3 Å². The van der Waals surface area contributed by atoms with Crippen molar-refractivity contribution in [2.45, 2.75) is 106 Å². The number of amides is 1. The first kappa shape index (κ1) is 36.0. The second-order valence-corrected chi connectivity index (χ2v) is 10.8. The Labute approximate surface area is 255 Å². The van der Waals surface area contributed by atoms with Gasteiger partial charge in [-0.2, -0.15) is 0 Å². The second-order valence-electron chi connectivity index (χ2n) is 10.8. The number of aliphatic hydroxyl groups is 6. The van der Waals surface area contributed by atoms with E-state index in [2.05, 4.69) is 10.1 Å². The quantitative estimate of drug-likeness (QED) is 0.0781. The molecule has 2 aliphatic heterocycles. The van der Waals surface area contributed by atoms with E-state index < -0.39 is 80.5 Å². The van der Waals surface area contributed by atoms with Gasteiger partial charge in [0.15, 0.2) is 12.6 Å². The average molecular weight is 632 g/mol. The van der Waals surface area contributed by atoms with Crippen molar-refractivity contribution in [3.8, 4) is 5.75 Å². The maximum Gasteiger partial charge on any atom is 0.305 e. The number of para-hydroxylation sites is 1. The number of aromatic hydroxyl groups is 1. The highest BCUT2D eigenvalue weighted by Crippen LogP contribution is 2.30. The summed E-state index contributed by atoms with van der Waals surface area (Å²) in [7, 11) is 1.36. The van der Waals surface area contributed by atoms with Crippen LogP contribution < -0.4 is 5.32 Å². The van der Waals surface area contributed by atoms with Gasteiger partial charge in [-0.1, -0.05) is 37.8 Å². The molecule has 10 atom stereocenters. The number of rotatable bonds is 16. The van der Waals surface area contributed by atoms with Crippen LogP contribution in [0, 0.1) is 0 Å². The molecule has 7 unspecified atom stereocenters. The summed E-state index contributed by atoms with van der Waals surface area (Å²) in [5.74, 6) is -1.30. The summed E-state index contributed by atoms with van der Waals surface area (Å²) in [4.78, 5) is 24.3. The molecule has 0 radical (unpaired) electrons. The van der Waals surface area contributed by atoms with E-state index >= 15 is 0 Å². The Hall–Kier alpha value is -2.44. The molecule has 1 amide bonds. The number of carbonyl (C=O) groups excluding carboxylic acids is 2. The van der Waals surface area contributed by atoms with E-state index in [1.54, 1.807) is 6.07 Å². The largest absolute Gasteiger partial charge is 0.507 e. The SMILES string of the molecule is COC(=O)CCCCCCCCO[C@@H]1OC(CO)[C@@H](OC2OC(CO)[C@H](O)C(O)C2O)C(O)C1NC(=O)c1ccccc1O. The van der Waals surface area contributed by atoms with Crippen LogP contribution in [0.4, 0.5) is 0 Å². The van der Waals surface area contributed by atoms with Gasteiger partial charge < -0.3 is 64.7 Å². The van der Waals surface area contributed by atoms with Crippen LogP contribution in [0.15, 0.2) is 24.3 Å². The molecule has 1 aromatic carbocycles. The summed E-state index contributed by atoms with van der Waals surface area (Å²) >= 11 is 0. The average Bonchev–Trinajstić information content (AvgIpc) is 3.02. The zero-order valence-corrected chi connectivity index (χ0v) is 24.6. The summed E-state index contributed by atoms with van der Waals surface area (Å²) in [5.41, 5.74) is -0.0821. The summed E-state index contributed by atoms with van der Waals surface area (Å²) in [5, 5.41) is 74.4. The van der Waals surface area contributed by atoms with Crippen molar-refractivity contribution >= 4 is 11.9 Å². The number of esters is 1. The molecule has 0 aliphatic carbocycles. The minimum Gasteiger partial charge on any atom is -0.507 e. The fourth-order valence-corrected chi connectivity index (χ4v) is 5.14. The second kappa shape index (κ2) is 17.9. The molecule has 0 spiro atoms. The van der Waals surface area contributed by atoms with E-state index in [0.717, 1.165) is 32.1 Å². The molecule has 0 saturated carbocycles. The number of nitrogens with one attached hydrogen (secondary N) is 1. The van der Waals surface area contributed by atoms with Gasteiger partial charge in [-0.05, 0) is 25.0 Å². The molecule has 1 aromatic rings. The fourth-order valence-electron chi connectivity index (χ4n) is 5.14. The Morgan fingerprint density at radius 2 is 1.45 bits per heavy atom. The van der Waals surface area contributed by atoms with Gasteiger partial charge >= 0.3 is 5.97 Å². The Balaban J connectivity index is 1.67. The summed E-state index contributed by atoms with van der Waals surface area (Å²) in [6.45, 7) is -1.20. The lowest BCUT2D eigenvalue weighted by molar-refractivity contribution is -0.348. The first-order valence-electron chi connectivity index (χ1n) is 14.8. The number of phenolic OH excluding ortho intramolecular Hbond substituents is 1. The number of hydrogen-bond acceptors (Lipinski definition) is 14. The summed E-state index contributed by atoms with van der Waals surface area (Å²) in [6, 6.07) is 4.47. The van der Waals surface area contributed by atoms with Gasteiger partial charge in [0, 0.05) is 13.0 Å². The molecule has 2 saturated heterocycles.